The fraction of sp³-hybridized carbons (Fsp3) is 0.417. The van der Waals surface area contributed by atoms with Gasteiger partial charge in [0, 0.05) is 18.8 Å². The van der Waals surface area contributed by atoms with E-state index >= 15 is 0 Å². The van der Waals surface area contributed by atoms with Crippen LogP contribution in [0, 0.1) is 11.3 Å². The Balaban J connectivity index is 1.65. The number of nitriles is 1. The maximum Gasteiger partial charge on any atom is 0.255 e. The van der Waals surface area contributed by atoms with E-state index in [-0.39, 0.29) is 18.2 Å². The molecule has 1 unspecified atom stereocenters. The SMILES string of the molecule is CC(C)(O)C(F)CNC(=O)c1cnc(-c2ccc3cc(C#N)cnn23)cc1N[C@H]1CCCNC1. The Bertz CT molecular complexity index is 1220. The smallest absolute Gasteiger partial charge is 0.255 e. The molecule has 0 spiro atoms. The van der Waals surface area contributed by atoms with E-state index in [2.05, 4.69) is 32.1 Å². The monoisotopic (exact) mass is 465 g/mol. The number of hydrogen-bond donors (Lipinski definition) is 4. The summed E-state index contributed by atoms with van der Waals surface area (Å²) in [6.07, 6.45) is 3.30. The zero-order valence-corrected chi connectivity index (χ0v) is 19.2. The van der Waals surface area contributed by atoms with Crippen LogP contribution < -0.4 is 16.0 Å². The summed E-state index contributed by atoms with van der Waals surface area (Å²) in [4.78, 5) is 17.4. The van der Waals surface area contributed by atoms with Crippen molar-refractivity contribution in [3.05, 3.63) is 47.8 Å². The summed E-state index contributed by atoms with van der Waals surface area (Å²) in [6.45, 7) is 4.12. The van der Waals surface area contributed by atoms with Gasteiger partial charge in [-0.2, -0.15) is 10.4 Å². The molecular weight excluding hydrogens is 437 g/mol. The van der Waals surface area contributed by atoms with E-state index in [0.717, 1.165) is 31.4 Å². The second-order valence-electron chi connectivity index (χ2n) is 9.05. The molecule has 0 aromatic carbocycles. The Labute approximate surface area is 197 Å². The fourth-order valence-electron chi connectivity index (χ4n) is 3.87. The molecule has 1 aliphatic rings. The molecule has 4 heterocycles. The highest BCUT2D eigenvalue weighted by atomic mass is 19.1. The molecule has 3 aromatic heterocycles. The summed E-state index contributed by atoms with van der Waals surface area (Å²) in [7, 11) is 0. The lowest BCUT2D eigenvalue weighted by Gasteiger charge is -2.26. The van der Waals surface area contributed by atoms with Gasteiger partial charge in [0.25, 0.3) is 5.91 Å². The quantitative estimate of drug-likeness (QED) is 0.421. The molecule has 1 fully saturated rings. The van der Waals surface area contributed by atoms with Crippen LogP contribution in [-0.2, 0) is 0 Å². The lowest BCUT2D eigenvalue weighted by molar-refractivity contribution is -0.00177. The van der Waals surface area contributed by atoms with Gasteiger partial charge in [0.1, 0.15) is 12.2 Å². The molecule has 10 heteroatoms. The second-order valence-corrected chi connectivity index (χ2v) is 9.05. The van der Waals surface area contributed by atoms with Crippen molar-refractivity contribution >= 4 is 17.1 Å². The number of aliphatic hydroxyl groups is 1. The highest BCUT2D eigenvalue weighted by molar-refractivity contribution is 6.00. The van der Waals surface area contributed by atoms with Crippen molar-refractivity contribution in [2.24, 2.45) is 0 Å². The number of halogens is 1. The zero-order valence-electron chi connectivity index (χ0n) is 19.2. The number of hydrogen-bond acceptors (Lipinski definition) is 7. The first kappa shape index (κ1) is 23.6. The predicted octanol–water partition coefficient (Wildman–Crippen LogP) is 2.27. The van der Waals surface area contributed by atoms with Gasteiger partial charge in [-0.25, -0.2) is 8.91 Å². The molecule has 9 nitrogen and oxygen atoms in total. The maximum absolute atomic E-state index is 14.2. The molecule has 0 aliphatic carbocycles. The first-order chi connectivity index (χ1) is 16.3. The molecule has 178 valence electrons. The largest absolute Gasteiger partial charge is 0.387 e. The third kappa shape index (κ3) is 5.16. The van der Waals surface area contributed by atoms with E-state index in [9.17, 15) is 14.3 Å². The van der Waals surface area contributed by atoms with E-state index < -0.39 is 17.7 Å². The Morgan fingerprint density at radius 3 is 2.94 bits per heavy atom. The first-order valence-electron chi connectivity index (χ1n) is 11.3. The molecule has 0 saturated carbocycles. The summed E-state index contributed by atoms with van der Waals surface area (Å²) in [5, 5.41) is 32.6. The minimum atomic E-state index is -1.61. The number of anilines is 1. The number of piperidine rings is 1. The van der Waals surface area contributed by atoms with Crippen LogP contribution in [0.25, 0.3) is 16.9 Å². The molecule has 34 heavy (non-hydrogen) atoms. The highest BCUT2D eigenvalue weighted by Crippen LogP contribution is 2.26. The van der Waals surface area contributed by atoms with Gasteiger partial charge in [-0.3, -0.25) is 9.78 Å². The van der Waals surface area contributed by atoms with Crippen molar-refractivity contribution < 1.29 is 14.3 Å². The summed E-state index contributed by atoms with van der Waals surface area (Å²) >= 11 is 0. The molecule has 3 aromatic rings. The maximum atomic E-state index is 14.2. The number of nitrogens with zero attached hydrogens (tertiary/aromatic N) is 4. The highest BCUT2D eigenvalue weighted by Gasteiger charge is 2.27. The molecule has 1 saturated heterocycles. The lowest BCUT2D eigenvalue weighted by Crippen LogP contribution is -2.42. The lowest BCUT2D eigenvalue weighted by atomic mass is 10.0. The third-order valence-electron chi connectivity index (χ3n) is 5.91. The van der Waals surface area contributed by atoms with Gasteiger partial charge in [-0.1, -0.05) is 0 Å². The van der Waals surface area contributed by atoms with Gasteiger partial charge in [-0.05, 0) is 57.5 Å². The minimum absolute atomic E-state index is 0.126. The van der Waals surface area contributed by atoms with Gasteiger partial charge in [0.05, 0.1) is 52.1 Å². The van der Waals surface area contributed by atoms with Crippen molar-refractivity contribution in [1.29, 1.82) is 5.26 Å². The zero-order chi connectivity index (χ0) is 24.3. The van der Waals surface area contributed by atoms with Crippen LogP contribution in [0.15, 0.2) is 36.7 Å². The molecule has 2 atom stereocenters. The summed E-state index contributed by atoms with van der Waals surface area (Å²) < 4.78 is 15.9. The number of aromatic nitrogens is 3. The normalized spacial score (nSPS) is 17.2. The van der Waals surface area contributed by atoms with Crippen LogP contribution in [0.2, 0.25) is 0 Å². The van der Waals surface area contributed by atoms with Crippen LogP contribution in [0.1, 0.15) is 42.6 Å². The Morgan fingerprint density at radius 2 is 2.24 bits per heavy atom. The molecular formula is C24H28FN7O2. The number of pyridine rings is 1. The van der Waals surface area contributed by atoms with Crippen molar-refractivity contribution in [1.82, 2.24) is 25.2 Å². The number of carbonyl (C=O) groups excluding carboxylic acids is 1. The van der Waals surface area contributed by atoms with Gasteiger partial charge in [0.15, 0.2) is 0 Å². The Kier molecular flexibility index (Phi) is 6.77. The van der Waals surface area contributed by atoms with Gasteiger partial charge in [0.2, 0.25) is 0 Å². The van der Waals surface area contributed by atoms with Crippen LogP contribution >= 0.6 is 0 Å². The average molecular weight is 466 g/mol. The fourth-order valence-corrected chi connectivity index (χ4v) is 3.87. The number of carbonyl (C=O) groups is 1. The Morgan fingerprint density at radius 1 is 1.41 bits per heavy atom. The average Bonchev–Trinajstić information content (AvgIpc) is 3.25. The van der Waals surface area contributed by atoms with Gasteiger partial charge >= 0.3 is 0 Å². The number of alkyl halides is 1. The molecule has 4 rings (SSSR count). The number of amides is 1. The van der Waals surface area contributed by atoms with Crippen molar-refractivity contribution in [2.75, 3.05) is 25.0 Å². The molecule has 1 amide bonds. The second kappa shape index (κ2) is 9.75. The van der Waals surface area contributed by atoms with Gasteiger partial charge in [-0.15, -0.1) is 0 Å². The molecule has 4 N–H and O–H groups in total. The van der Waals surface area contributed by atoms with Crippen LogP contribution in [0.4, 0.5) is 10.1 Å². The van der Waals surface area contributed by atoms with E-state index in [1.165, 1.54) is 26.2 Å². The van der Waals surface area contributed by atoms with E-state index in [4.69, 9.17) is 5.26 Å². The van der Waals surface area contributed by atoms with Crippen molar-refractivity contribution in [2.45, 2.75) is 44.5 Å². The van der Waals surface area contributed by atoms with E-state index in [1.807, 2.05) is 12.1 Å². The van der Waals surface area contributed by atoms with E-state index in [1.54, 1.807) is 16.6 Å². The summed E-state index contributed by atoms with van der Waals surface area (Å²) in [6, 6.07) is 9.43. The number of fused-ring (bicyclic) bond motifs is 1. The van der Waals surface area contributed by atoms with Crippen molar-refractivity contribution in [3.63, 3.8) is 0 Å². The number of nitrogens with one attached hydrogen (secondary N) is 3. The summed E-state index contributed by atoms with van der Waals surface area (Å²) in [5.41, 5.74) is 1.84. The molecule has 0 bridgehead atoms. The van der Waals surface area contributed by atoms with Gasteiger partial charge < -0.3 is 21.1 Å². The minimum Gasteiger partial charge on any atom is -0.387 e. The van der Waals surface area contributed by atoms with Crippen LogP contribution in [0.5, 0.6) is 0 Å². The Hall–Kier alpha value is -3.55. The molecule has 1 aliphatic heterocycles. The third-order valence-corrected chi connectivity index (χ3v) is 5.91. The topological polar surface area (TPSA) is 127 Å². The van der Waals surface area contributed by atoms with Crippen LogP contribution in [-0.4, -0.2) is 63.1 Å². The summed E-state index contributed by atoms with van der Waals surface area (Å²) in [5.74, 6) is -0.478. The van der Waals surface area contributed by atoms with Crippen LogP contribution in [0.3, 0.4) is 0 Å². The van der Waals surface area contributed by atoms with Crippen molar-refractivity contribution in [3.8, 4) is 17.5 Å². The number of rotatable bonds is 7. The predicted molar refractivity (Wildman–Crippen MR) is 126 cm³/mol. The first-order valence-corrected chi connectivity index (χ1v) is 11.3. The van der Waals surface area contributed by atoms with E-state index in [0.29, 0.717) is 22.6 Å². The molecule has 0 radical (unpaired) electrons. The standard InChI is InChI=1S/C24H28FN7O2/c1-24(2,34)22(25)14-29-23(33)18-13-28-20(9-19(18)31-16-4-3-7-27-12-16)21-6-5-17-8-15(10-26)11-30-32(17)21/h5-6,8-9,11,13,16,22,27,34H,3-4,7,12,14H2,1-2H3,(H,28,31)(H,29,33)/t16-,22?/m0/s1.